The van der Waals surface area contributed by atoms with Crippen molar-refractivity contribution >= 4 is 5.95 Å². The van der Waals surface area contributed by atoms with Gasteiger partial charge in [0, 0.05) is 11.1 Å². The number of nitrogens with zero attached hydrogens (tertiary/aromatic N) is 2. The first-order chi connectivity index (χ1) is 10.9. The lowest BCUT2D eigenvalue weighted by molar-refractivity contribution is 0.473. The highest BCUT2D eigenvalue weighted by molar-refractivity contribution is 5.74. The molecule has 0 aliphatic rings. The highest BCUT2D eigenvalue weighted by Gasteiger charge is 2.12. The molecular weight excluding hydrogens is 286 g/mol. The van der Waals surface area contributed by atoms with Crippen LogP contribution in [0.15, 0.2) is 42.5 Å². The number of aryl methyl sites for hydroxylation is 3. The largest absolute Gasteiger partial charge is 0.507 e. The van der Waals surface area contributed by atoms with Gasteiger partial charge >= 0.3 is 0 Å². The Morgan fingerprint density at radius 2 is 1.48 bits per heavy atom. The van der Waals surface area contributed by atoms with Crippen molar-refractivity contribution < 1.29 is 5.11 Å². The quantitative estimate of drug-likeness (QED) is 0.750. The van der Waals surface area contributed by atoms with Gasteiger partial charge in [-0.1, -0.05) is 35.9 Å². The zero-order valence-corrected chi connectivity index (χ0v) is 13.5. The maximum atomic E-state index is 10.4. The molecule has 4 heteroatoms. The molecule has 0 radical (unpaired) electrons. The number of phenols is 1. The summed E-state index contributed by atoms with van der Waals surface area (Å²) < 4.78 is 0. The minimum atomic E-state index is 0.191. The molecule has 0 bridgehead atoms. The van der Waals surface area contributed by atoms with Crippen molar-refractivity contribution in [2.75, 3.05) is 5.73 Å². The molecule has 0 fully saturated rings. The van der Waals surface area contributed by atoms with Gasteiger partial charge in [-0.15, -0.1) is 0 Å². The van der Waals surface area contributed by atoms with Crippen LogP contribution in [-0.4, -0.2) is 15.1 Å². The highest BCUT2D eigenvalue weighted by atomic mass is 16.3. The van der Waals surface area contributed by atoms with Gasteiger partial charge in [-0.25, -0.2) is 9.97 Å². The van der Waals surface area contributed by atoms with Crippen molar-refractivity contribution in [3.63, 3.8) is 0 Å². The van der Waals surface area contributed by atoms with E-state index in [0.29, 0.717) is 11.3 Å². The zero-order valence-electron chi connectivity index (χ0n) is 13.5. The number of nitrogen functional groups attached to an aromatic ring is 1. The molecule has 0 saturated heterocycles. The molecule has 4 nitrogen and oxygen atoms in total. The summed E-state index contributed by atoms with van der Waals surface area (Å²) in [5.41, 5.74) is 11.9. The minimum Gasteiger partial charge on any atom is -0.507 e. The summed E-state index contributed by atoms with van der Waals surface area (Å²) in [6.07, 6.45) is 0. The fourth-order valence-electron chi connectivity index (χ4n) is 2.63. The third-order valence-corrected chi connectivity index (χ3v) is 3.81. The number of rotatable bonds is 2. The Kier molecular flexibility index (Phi) is 3.74. The van der Waals surface area contributed by atoms with E-state index in [0.717, 1.165) is 22.4 Å². The maximum Gasteiger partial charge on any atom is 0.221 e. The van der Waals surface area contributed by atoms with Gasteiger partial charge in [0.1, 0.15) is 5.75 Å². The second-order valence-electron chi connectivity index (χ2n) is 5.84. The topological polar surface area (TPSA) is 72.0 Å². The predicted molar refractivity (Wildman–Crippen MR) is 93.2 cm³/mol. The van der Waals surface area contributed by atoms with Crippen LogP contribution in [0.5, 0.6) is 5.75 Å². The first-order valence-electron chi connectivity index (χ1n) is 7.46. The highest BCUT2D eigenvalue weighted by Crippen LogP contribution is 2.34. The maximum absolute atomic E-state index is 10.4. The number of hydrogen-bond acceptors (Lipinski definition) is 4. The van der Waals surface area contributed by atoms with Gasteiger partial charge < -0.3 is 10.8 Å². The van der Waals surface area contributed by atoms with Gasteiger partial charge in [-0.3, -0.25) is 0 Å². The van der Waals surface area contributed by atoms with Crippen molar-refractivity contribution in [3.05, 3.63) is 59.2 Å². The van der Waals surface area contributed by atoms with Gasteiger partial charge in [0.25, 0.3) is 0 Å². The summed E-state index contributed by atoms with van der Waals surface area (Å²) in [4.78, 5) is 8.62. The van der Waals surface area contributed by atoms with E-state index in [2.05, 4.69) is 9.97 Å². The van der Waals surface area contributed by atoms with E-state index >= 15 is 0 Å². The van der Waals surface area contributed by atoms with Crippen LogP contribution in [0, 0.1) is 20.8 Å². The van der Waals surface area contributed by atoms with Crippen LogP contribution >= 0.6 is 0 Å². The molecular formula is C19H19N3O. The Bertz CT molecular complexity index is 871. The molecule has 1 aromatic heterocycles. The number of aromatic nitrogens is 2. The molecule has 0 saturated carbocycles. The molecule has 0 aliphatic heterocycles. The van der Waals surface area contributed by atoms with Crippen LogP contribution < -0.4 is 5.73 Å². The van der Waals surface area contributed by atoms with E-state index in [1.165, 1.54) is 5.56 Å². The summed E-state index contributed by atoms with van der Waals surface area (Å²) in [6, 6.07) is 13.8. The molecule has 2 aromatic carbocycles. The zero-order chi connectivity index (χ0) is 16.6. The summed E-state index contributed by atoms with van der Waals surface area (Å²) >= 11 is 0. The Labute approximate surface area is 135 Å². The number of hydrogen-bond donors (Lipinski definition) is 2. The SMILES string of the molecule is Cc1ccc(-c2cc(-c3cc(C)cc(C)c3O)nc(N)n2)cc1. The van der Waals surface area contributed by atoms with Crippen molar-refractivity contribution in [2.24, 2.45) is 0 Å². The second kappa shape index (κ2) is 5.72. The van der Waals surface area contributed by atoms with Crippen molar-refractivity contribution in [2.45, 2.75) is 20.8 Å². The molecule has 1 heterocycles. The van der Waals surface area contributed by atoms with Crippen molar-refractivity contribution in [1.29, 1.82) is 0 Å². The molecule has 3 N–H and O–H groups in total. The standard InChI is InChI=1S/C19H19N3O/c1-11-4-6-14(7-5-11)16-10-17(22-19(20)21-16)15-9-12(2)8-13(3)18(15)23/h4-10,23H,1-3H3,(H2,20,21,22). The first-order valence-corrected chi connectivity index (χ1v) is 7.46. The Morgan fingerprint density at radius 3 is 2.17 bits per heavy atom. The van der Waals surface area contributed by atoms with E-state index in [4.69, 9.17) is 5.73 Å². The fourth-order valence-corrected chi connectivity index (χ4v) is 2.63. The Balaban J connectivity index is 2.17. The lowest BCUT2D eigenvalue weighted by Crippen LogP contribution is -1.99. The molecule has 23 heavy (non-hydrogen) atoms. The molecule has 3 rings (SSSR count). The van der Waals surface area contributed by atoms with E-state index < -0.39 is 0 Å². The monoisotopic (exact) mass is 305 g/mol. The van der Waals surface area contributed by atoms with Gasteiger partial charge in [0.05, 0.1) is 11.4 Å². The van der Waals surface area contributed by atoms with Gasteiger partial charge in [-0.05, 0) is 44.0 Å². The van der Waals surface area contributed by atoms with Gasteiger partial charge in [-0.2, -0.15) is 0 Å². The van der Waals surface area contributed by atoms with Crippen molar-refractivity contribution in [3.8, 4) is 28.3 Å². The summed E-state index contributed by atoms with van der Waals surface area (Å²) in [7, 11) is 0. The van der Waals surface area contributed by atoms with E-state index in [1.54, 1.807) is 0 Å². The first kappa shape index (κ1) is 15.0. The van der Waals surface area contributed by atoms with E-state index in [9.17, 15) is 5.11 Å². The minimum absolute atomic E-state index is 0.191. The lowest BCUT2D eigenvalue weighted by atomic mass is 10.0. The van der Waals surface area contributed by atoms with E-state index in [-0.39, 0.29) is 11.7 Å². The number of anilines is 1. The van der Waals surface area contributed by atoms with Crippen LogP contribution in [-0.2, 0) is 0 Å². The average Bonchev–Trinajstić information content (AvgIpc) is 2.51. The summed E-state index contributed by atoms with van der Waals surface area (Å²) in [5, 5.41) is 10.4. The molecule has 0 amide bonds. The lowest BCUT2D eigenvalue weighted by Gasteiger charge is -2.11. The average molecular weight is 305 g/mol. The number of phenolic OH excluding ortho intramolecular Hbond substituents is 1. The van der Waals surface area contributed by atoms with Gasteiger partial charge in [0.15, 0.2) is 0 Å². The molecule has 0 unspecified atom stereocenters. The van der Waals surface area contributed by atoms with E-state index in [1.807, 2.05) is 63.2 Å². The van der Waals surface area contributed by atoms with Crippen LogP contribution in [0.25, 0.3) is 22.5 Å². The molecule has 3 aromatic rings. The summed E-state index contributed by atoms with van der Waals surface area (Å²) in [6.45, 7) is 5.90. The van der Waals surface area contributed by atoms with Crippen LogP contribution in [0.4, 0.5) is 5.95 Å². The van der Waals surface area contributed by atoms with Crippen molar-refractivity contribution in [1.82, 2.24) is 9.97 Å². The van der Waals surface area contributed by atoms with Crippen LogP contribution in [0.1, 0.15) is 16.7 Å². The predicted octanol–water partition coefficient (Wildman–Crippen LogP) is 4.02. The third kappa shape index (κ3) is 3.01. The molecule has 0 atom stereocenters. The fraction of sp³-hybridized carbons (Fsp3) is 0.158. The normalized spacial score (nSPS) is 10.7. The van der Waals surface area contributed by atoms with Crippen LogP contribution in [0.3, 0.4) is 0 Å². The Morgan fingerprint density at radius 1 is 0.826 bits per heavy atom. The van der Waals surface area contributed by atoms with Gasteiger partial charge in [0.2, 0.25) is 5.95 Å². The molecule has 0 spiro atoms. The smallest absolute Gasteiger partial charge is 0.221 e. The van der Waals surface area contributed by atoms with Crippen LogP contribution in [0.2, 0.25) is 0 Å². The number of aromatic hydroxyl groups is 1. The third-order valence-electron chi connectivity index (χ3n) is 3.81. The second-order valence-corrected chi connectivity index (χ2v) is 5.84. The molecule has 116 valence electrons. The Hall–Kier alpha value is -2.88. The number of benzene rings is 2. The summed E-state index contributed by atoms with van der Waals surface area (Å²) in [5.74, 6) is 0.417. The number of nitrogens with two attached hydrogens (primary N) is 1. The molecule has 0 aliphatic carbocycles.